The molecule has 0 saturated carbocycles. The molecule has 5 nitrogen and oxygen atoms in total. The molecule has 2 N–H and O–H groups in total. The molecule has 2 atom stereocenters. The molecule has 0 spiro atoms. The third-order valence-electron chi connectivity index (χ3n) is 4.33. The fourth-order valence-corrected chi connectivity index (χ4v) is 2.76. The van der Waals surface area contributed by atoms with E-state index in [0.717, 1.165) is 23.4 Å². The molecule has 0 aliphatic carbocycles. The Bertz CT molecular complexity index is 621. The van der Waals surface area contributed by atoms with Gasteiger partial charge in [-0.1, -0.05) is 12.1 Å². The van der Waals surface area contributed by atoms with Crippen LogP contribution in [0, 0.1) is 0 Å². The number of fused-ring (bicyclic) bond motifs is 1. The Morgan fingerprint density at radius 3 is 2.85 bits per heavy atom. The van der Waals surface area contributed by atoms with Crippen LogP contribution in [0.3, 0.4) is 0 Å². The molecular weight excluding hydrogens is 254 g/mol. The number of para-hydroxylation sites is 2. The lowest BCUT2D eigenvalue weighted by Gasteiger charge is -2.39. The Morgan fingerprint density at radius 2 is 2.15 bits per heavy atom. The third kappa shape index (κ3) is 2.32. The van der Waals surface area contributed by atoms with Gasteiger partial charge in [0.1, 0.15) is 5.82 Å². The molecule has 1 aliphatic heterocycles. The van der Waals surface area contributed by atoms with Crippen molar-refractivity contribution in [2.45, 2.75) is 31.6 Å². The lowest BCUT2D eigenvalue weighted by molar-refractivity contribution is -0.109. The number of nitrogens with zero attached hydrogens (tertiary/aromatic N) is 3. The highest BCUT2D eigenvalue weighted by molar-refractivity contribution is 5.75. The normalized spacial score (nSPS) is 28.1. The summed E-state index contributed by atoms with van der Waals surface area (Å²) >= 11 is 0. The zero-order chi connectivity index (χ0) is 14.3. The smallest absolute Gasteiger partial charge is 0.123 e. The number of β-amino-alcohol motifs (C(OH)–C–C–N with tert-alkyl or cyclic N) is 1. The average molecular weight is 275 g/mol. The van der Waals surface area contributed by atoms with Crippen LogP contribution in [0.1, 0.15) is 19.2 Å². The molecular formula is C15H21N3O2. The molecule has 0 unspecified atom stereocenters. The lowest BCUT2D eigenvalue weighted by atomic mass is 9.91. The molecule has 1 aromatic heterocycles. The van der Waals surface area contributed by atoms with Crippen molar-refractivity contribution in [1.29, 1.82) is 0 Å². The largest absolute Gasteiger partial charge is 0.389 e. The van der Waals surface area contributed by atoms with Crippen LogP contribution in [-0.2, 0) is 13.6 Å². The van der Waals surface area contributed by atoms with Gasteiger partial charge in [-0.2, -0.15) is 0 Å². The molecule has 3 rings (SSSR count). The van der Waals surface area contributed by atoms with Crippen molar-refractivity contribution in [3.8, 4) is 0 Å². The van der Waals surface area contributed by atoms with E-state index in [1.54, 1.807) is 6.92 Å². The highest BCUT2D eigenvalue weighted by Crippen LogP contribution is 2.23. The number of aromatic nitrogens is 2. The molecule has 2 aromatic rings. The van der Waals surface area contributed by atoms with E-state index >= 15 is 0 Å². The van der Waals surface area contributed by atoms with Gasteiger partial charge in [0.25, 0.3) is 0 Å². The molecule has 1 aromatic carbocycles. The maximum atomic E-state index is 10.00. The molecule has 2 heterocycles. The van der Waals surface area contributed by atoms with Crippen LogP contribution < -0.4 is 0 Å². The summed E-state index contributed by atoms with van der Waals surface area (Å²) in [6.45, 7) is 3.64. The first kappa shape index (κ1) is 13.5. The number of rotatable bonds is 2. The Morgan fingerprint density at radius 1 is 1.40 bits per heavy atom. The van der Waals surface area contributed by atoms with Gasteiger partial charge in [0.15, 0.2) is 0 Å². The number of benzene rings is 1. The fraction of sp³-hybridized carbons (Fsp3) is 0.533. The summed E-state index contributed by atoms with van der Waals surface area (Å²) < 4.78 is 2.09. The fourth-order valence-electron chi connectivity index (χ4n) is 2.76. The Balaban J connectivity index is 1.79. The van der Waals surface area contributed by atoms with E-state index < -0.39 is 11.7 Å². The van der Waals surface area contributed by atoms with Crippen molar-refractivity contribution >= 4 is 11.0 Å². The van der Waals surface area contributed by atoms with Crippen molar-refractivity contribution in [2.24, 2.45) is 7.05 Å². The molecule has 1 fully saturated rings. The van der Waals surface area contributed by atoms with Gasteiger partial charge in [-0.15, -0.1) is 0 Å². The number of aryl methyl sites for hydroxylation is 1. The highest BCUT2D eigenvalue weighted by Gasteiger charge is 2.36. The number of hydrogen-bond donors (Lipinski definition) is 2. The van der Waals surface area contributed by atoms with Crippen LogP contribution >= 0.6 is 0 Å². The highest BCUT2D eigenvalue weighted by atomic mass is 16.3. The molecule has 0 radical (unpaired) electrons. The molecule has 5 heteroatoms. The van der Waals surface area contributed by atoms with Crippen LogP contribution in [-0.4, -0.2) is 49.5 Å². The summed E-state index contributed by atoms with van der Waals surface area (Å²) in [6.07, 6.45) is -0.121. The third-order valence-corrected chi connectivity index (χ3v) is 4.33. The number of hydrogen-bond acceptors (Lipinski definition) is 4. The maximum Gasteiger partial charge on any atom is 0.123 e. The number of aliphatic hydroxyl groups is 2. The maximum absolute atomic E-state index is 10.00. The zero-order valence-corrected chi connectivity index (χ0v) is 12.0. The molecule has 0 amide bonds. The number of likely N-dealkylation sites (tertiary alicyclic amines) is 1. The minimum Gasteiger partial charge on any atom is -0.389 e. The van der Waals surface area contributed by atoms with E-state index in [4.69, 9.17) is 0 Å². The standard InChI is InChI=1S/C15H21N3O2/c1-15(20)7-8-18(9-13(15)19)10-14-16-11-5-3-4-6-12(11)17(14)2/h3-6,13,19-20H,7-10H2,1-2H3/t13-,15-/m0/s1. The van der Waals surface area contributed by atoms with E-state index in [0.29, 0.717) is 19.5 Å². The van der Waals surface area contributed by atoms with Crippen molar-refractivity contribution < 1.29 is 10.2 Å². The van der Waals surface area contributed by atoms with Gasteiger partial charge in [-0.05, 0) is 25.5 Å². The van der Waals surface area contributed by atoms with E-state index in [9.17, 15) is 10.2 Å². The second kappa shape index (κ2) is 4.84. The van der Waals surface area contributed by atoms with Gasteiger partial charge in [0.05, 0.1) is 29.3 Å². The zero-order valence-electron chi connectivity index (χ0n) is 12.0. The van der Waals surface area contributed by atoms with Crippen molar-refractivity contribution in [2.75, 3.05) is 13.1 Å². The van der Waals surface area contributed by atoms with Crippen molar-refractivity contribution in [3.05, 3.63) is 30.1 Å². The van der Waals surface area contributed by atoms with Crippen LogP contribution in [0.2, 0.25) is 0 Å². The summed E-state index contributed by atoms with van der Waals surface area (Å²) in [6, 6.07) is 8.06. The first-order chi connectivity index (χ1) is 9.47. The van der Waals surface area contributed by atoms with E-state index in [1.807, 2.05) is 25.2 Å². The quantitative estimate of drug-likeness (QED) is 0.854. The Labute approximate surface area is 118 Å². The SMILES string of the molecule is Cn1c(CN2CC[C@](C)(O)[C@@H](O)C2)nc2ccccc21. The van der Waals surface area contributed by atoms with Gasteiger partial charge in [-0.25, -0.2) is 4.98 Å². The second-order valence-electron chi connectivity index (χ2n) is 5.93. The van der Waals surface area contributed by atoms with E-state index in [-0.39, 0.29) is 0 Å². The predicted molar refractivity (Wildman–Crippen MR) is 77.2 cm³/mol. The first-order valence-electron chi connectivity index (χ1n) is 7.00. The lowest BCUT2D eigenvalue weighted by Crippen LogP contribution is -2.53. The number of piperidine rings is 1. The molecule has 1 aliphatic rings. The molecule has 0 bridgehead atoms. The Kier molecular flexibility index (Phi) is 3.28. The minimum atomic E-state index is -0.969. The van der Waals surface area contributed by atoms with Gasteiger partial charge < -0.3 is 14.8 Å². The van der Waals surface area contributed by atoms with Crippen molar-refractivity contribution in [1.82, 2.24) is 14.5 Å². The molecule has 1 saturated heterocycles. The number of imidazole rings is 1. The first-order valence-corrected chi connectivity index (χ1v) is 7.00. The topological polar surface area (TPSA) is 61.5 Å². The van der Waals surface area contributed by atoms with Crippen LogP contribution in [0.5, 0.6) is 0 Å². The average Bonchev–Trinajstić information content (AvgIpc) is 2.72. The second-order valence-corrected chi connectivity index (χ2v) is 5.93. The van der Waals surface area contributed by atoms with Crippen LogP contribution in [0.4, 0.5) is 0 Å². The number of aliphatic hydroxyl groups excluding tert-OH is 1. The monoisotopic (exact) mass is 275 g/mol. The minimum absolute atomic E-state index is 0.482. The summed E-state index contributed by atoms with van der Waals surface area (Å²) in [5.41, 5.74) is 1.14. The van der Waals surface area contributed by atoms with E-state index in [2.05, 4.69) is 20.5 Å². The molecule has 108 valence electrons. The molecule has 20 heavy (non-hydrogen) atoms. The van der Waals surface area contributed by atoms with Crippen LogP contribution in [0.25, 0.3) is 11.0 Å². The summed E-state index contributed by atoms with van der Waals surface area (Å²) in [7, 11) is 2.02. The predicted octanol–water partition coefficient (Wildman–Crippen LogP) is 0.891. The summed E-state index contributed by atoms with van der Waals surface area (Å²) in [5.74, 6) is 0.986. The van der Waals surface area contributed by atoms with Crippen molar-refractivity contribution in [3.63, 3.8) is 0 Å². The summed E-state index contributed by atoms with van der Waals surface area (Å²) in [5, 5.41) is 20.0. The van der Waals surface area contributed by atoms with Gasteiger partial charge in [-0.3, -0.25) is 4.90 Å². The van der Waals surface area contributed by atoms with Gasteiger partial charge >= 0.3 is 0 Å². The van der Waals surface area contributed by atoms with Gasteiger partial charge in [0.2, 0.25) is 0 Å². The van der Waals surface area contributed by atoms with Crippen LogP contribution in [0.15, 0.2) is 24.3 Å². The van der Waals surface area contributed by atoms with Gasteiger partial charge in [0, 0.05) is 20.1 Å². The summed E-state index contributed by atoms with van der Waals surface area (Å²) in [4.78, 5) is 6.79. The Hall–Kier alpha value is -1.43. The van der Waals surface area contributed by atoms with E-state index in [1.165, 1.54) is 0 Å².